The monoisotopic (exact) mass is 208 g/mol. The Kier molecular flexibility index (Phi) is 4.56. The van der Waals surface area contributed by atoms with Gasteiger partial charge in [-0.05, 0) is 18.6 Å². The van der Waals surface area contributed by atoms with Crippen molar-refractivity contribution >= 4 is 5.84 Å². The van der Waals surface area contributed by atoms with Crippen LogP contribution >= 0.6 is 0 Å². The van der Waals surface area contributed by atoms with Gasteiger partial charge < -0.3 is 16.3 Å². The normalized spacial score (nSPS) is 13.8. The maximum Gasteiger partial charge on any atom is 0.156 e. The van der Waals surface area contributed by atoms with Crippen LogP contribution in [-0.2, 0) is 6.54 Å². The van der Waals surface area contributed by atoms with Crippen LogP contribution in [-0.4, -0.2) is 22.1 Å². The molecule has 0 spiro atoms. The molecule has 0 saturated heterocycles. The lowest BCUT2D eigenvalue weighted by atomic mass is 10.2. The van der Waals surface area contributed by atoms with Crippen LogP contribution in [0, 0.1) is 0 Å². The van der Waals surface area contributed by atoms with Gasteiger partial charge in [-0.15, -0.1) is 0 Å². The van der Waals surface area contributed by atoms with Crippen LogP contribution in [0.25, 0.3) is 0 Å². The number of hydrogen-bond acceptors (Lipinski definition) is 4. The van der Waals surface area contributed by atoms with Crippen molar-refractivity contribution in [2.24, 2.45) is 10.9 Å². The topological polar surface area (TPSA) is 83.5 Å². The summed E-state index contributed by atoms with van der Waals surface area (Å²) in [4.78, 5) is 4.16. The van der Waals surface area contributed by atoms with Crippen LogP contribution in [0.5, 0.6) is 0 Å². The van der Waals surface area contributed by atoms with Gasteiger partial charge in [0.15, 0.2) is 5.84 Å². The molecular weight excluding hydrogens is 192 g/mol. The zero-order valence-electron chi connectivity index (χ0n) is 8.72. The number of aromatic nitrogens is 1. The summed E-state index contributed by atoms with van der Waals surface area (Å²) in [5.74, 6) is 0.202. The van der Waals surface area contributed by atoms with Gasteiger partial charge in [0.1, 0.15) is 0 Å². The highest BCUT2D eigenvalue weighted by atomic mass is 16.4. The molecule has 82 valence electrons. The van der Waals surface area contributed by atoms with Crippen molar-refractivity contribution in [1.29, 1.82) is 0 Å². The zero-order valence-corrected chi connectivity index (χ0v) is 8.72. The number of nitrogens with one attached hydrogen (secondary N) is 1. The molecular formula is C10H16N4O. The van der Waals surface area contributed by atoms with Crippen LogP contribution in [0.4, 0.5) is 0 Å². The van der Waals surface area contributed by atoms with Crippen LogP contribution in [0.15, 0.2) is 29.6 Å². The second kappa shape index (κ2) is 5.98. The van der Waals surface area contributed by atoms with Crippen LogP contribution < -0.4 is 11.1 Å². The Morgan fingerprint density at radius 2 is 2.47 bits per heavy atom. The van der Waals surface area contributed by atoms with Gasteiger partial charge in [-0.1, -0.05) is 18.1 Å². The largest absolute Gasteiger partial charge is 0.409 e. The molecule has 0 amide bonds. The average Bonchev–Trinajstić information content (AvgIpc) is 2.31. The second-order valence-electron chi connectivity index (χ2n) is 3.19. The highest BCUT2D eigenvalue weighted by molar-refractivity contribution is 5.85. The van der Waals surface area contributed by atoms with Gasteiger partial charge in [-0.2, -0.15) is 0 Å². The summed E-state index contributed by atoms with van der Waals surface area (Å²) >= 11 is 0. The fraction of sp³-hybridized carbons (Fsp3) is 0.400. The molecule has 1 aromatic heterocycles. The van der Waals surface area contributed by atoms with Gasteiger partial charge in [0.2, 0.25) is 0 Å². The molecule has 0 aliphatic heterocycles. The first-order valence-corrected chi connectivity index (χ1v) is 4.88. The van der Waals surface area contributed by atoms with Gasteiger partial charge in [0.05, 0.1) is 11.7 Å². The predicted molar refractivity (Wildman–Crippen MR) is 58.6 cm³/mol. The Hall–Kier alpha value is -1.62. The zero-order chi connectivity index (χ0) is 11.1. The molecule has 1 rings (SSSR count). The summed E-state index contributed by atoms with van der Waals surface area (Å²) in [6.07, 6.45) is 2.50. The minimum Gasteiger partial charge on any atom is -0.409 e. The van der Waals surface area contributed by atoms with E-state index in [4.69, 9.17) is 10.9 Å². The standard InChI is InChI=1S/C10H16N4O/c1-2-9(10(11)14-15)13-7-8-5-3-4-6-12-8/h3-6,9,13,15H,2,7H2,1H3,(H2,11,14). The van der Waals surface area contributed by atoms with Crippen molar-refractivity contribution in [3.05, 3.63) is 30.1 Å². The average molecular weight is 208 g/mol. The van der Waals surface area contributed by atoms with Gasteiger partial charge in [0.25, 0.3) is 0 Å². The van der Waals surface area contributed by atoms with Crippen molar-refractivity contribution in [2.75, 3.05) is 0 Å². The van der Waals surface area contributed by atoms with E-state index in [1.54, 1.807) is 6.20 Å². The number of nitrogens with two attached hydrogens (primary N) is 1. The summed E-state index contributed by atoms with van der Waals surface area (Å²) in [6.45, 7) is 2.57. The molecule has 15 heavy (non-hydrogen) atoms. The van der Waals surface area contributed by atoms with E-state index in [2.05, 4.69) is 15.5 Å². The molecule has 5 nitrogen and oxygen atoms in total. The molecule has 1 atom stereocenters. The van der Waals surface area contributed by atoms with E-state index in [0.717, 1.165) is 12.1 Å². The highest BCUT2D eigenvalue weighted by Crippen LogP contribution is 1.96. The third kappa shape index (κ3) is 3.55. The molecule has 5 heteroatoms. The van der Waals surface area contributed by atoms with Crippen LogP contribution in [0.3, 0.4) is 0 Å². The number of rotatable bonds is 5. The molecule has 0 radical (unpaired) electrons. The Balaban J connectivity index is 2.48. The third-order valence-corrected chi connectivity index (χ3v) is 2.14. The minimum absolute atomic E-state index is 0.114. The van der Waals surface area contributed by atoms with Crippen molar-refractivity contribution < 1.29 is 5.21 Å². The second-order valence-corrected chi connectivity index (χ2v) is 3.19. The van der Waals surface area contributed by atoms with Crippen molar-refractivity contribution in [3.63, 3.8) is 0 Å². The quantitative estimate of drug-likeness (QED) is 0.288. The minimum atomic E-state index is -0.114. The van der Waals surface area contributed by atoms with Crippen molar-refractivity contribution in [2.45, 2.75) is 25.9 Å². The Bertz CT molecular complexity index is 312. The molecule has 0 fully saturated rings. The summed E-state index contributed by atoms with van der Waals surface area (Å²) in [5, 5.41) is 14.7. The lowest BCUT2D eigenvalue weighted by molar-refractivity contribution is 0.314. The molecule has 0 aliphatic carbocycles. The maximum atomic E-state index is 8.54. The number of nitrogens with zero attached hydrogens (tertiary/aromatic N) is 2. The maximum absolute atomic E-state index is 8.54. The third-order valence-electron chi connectivity index (χ3n) is 2.14. The molecule has 0 aromatic carbocycles. The summed E-state index contributed by atoms with van der Waals surface area (Å²) in [6, 6.07) is 5.60. The first-order valence-electron chi connectivity index (χ1n) is 4.88. The van der Waals surface area contributed by atoms with E-state index < -0.39 is 0 Å². The summed E-state index contributed by atoms with van der Waals surface area (Å²) in [7, 11) is 0. The highest BCUT2D eigenvalue weighted by Gasteiger charge is 2.10. The van der Waals surface area contributed by atoms with Crippen LogP contribution in [0.2, 0.25) is 0 Å². The number of oxime groups is 1. The predicted octanol–water partition coefficient (Wildman–Crippen LogP) is 0.696. The SMILES string of the molecule is CCC(NCc1ccccn1)C(N)=NO. The van der Waals surface area contributed by atoms with E-state index >= 15 is 0 Å². The molecule has 4 N–H and O–H groups in total. The van der Waals surface area contributed by atoms with Crippen molar-refractivity contribution in [3.8, 4) is 0 Å². The lowest BCUT2D eigenvalue weighted by Gasteiger charge is -2.14. The number of pyridine rings is 1. The van der Waals surface area contributed by atoms with Gasteiger partial charge in [0, 0.05) is 12.7 Å². The molecule has 0 bridgehead atoms. The molecule has 0 aliphatic rings. The first-order chi connectivity index (χ1) is 7.27. The Morgan fingerprint density at radius 1 is 1.67 bits per heavy atom. The van der Waals surface area contributed by atoms with E-state index in [1.165, 1.54) is 0 Å². The number of amidine groups is 1. The van der Waals surface area contributed by atoms with Gasteiger partial charge in [-0.3, -0.25) is 4.98 Å². The molecule has 0 saturated carbocycles. The van der Waals surface area contributed by atoms with E-state index in [1.807, 2.05) is 25.1 Å². The van der Waals surface area contributed by atoms with E-state index in [-0.39, 0.29) is 11.9 Å². The van der Waals surface area contributed by atoms with Gasteiger partial charge >= 0.3 is 0 Å². The summed E-state index contributed by atoms with van der Waals surface area (Å²) in [5.41, 5.74) is 6.44. The fourth-order valence-electron chi connectivity index (χ4n) is 1.26. The Morgan fingerprint density at radius 3 is 3.00 bits per heavy atom. The molecule has 1 aromatic rings. The van der Waals surface area contributed by atoms with Crippen LogP contribution in [0.1, 0.15) is 19.0 Å². The number of hydrogen-bond donors (Lipinski definition) is 3. The smallest absolute Gasteiger partial charge is 0.156 e. The van der Waals surface area contributed by atoms with Crippen molar-refractivity contribution in [1.82, 2.24) is 10.3 Å². The Labute approximate surface area is 89.0 Å². The van der Waals surface area contributed by atoms with Gasteiger partial charge in [-0.25, -0.2) is 0 Å². The van der Waals surface area contributed by atoms with E-state index in [9.17, 15) is 0 Å². The fourth-order valence-corrected chi connectivity index (χ4v) is 1.26. The van der Waals surface area contributed by atoms with E-state index in [0.29, 0.717) is 6.54 Å². The molecule has 1 heterocycles. The molecule has 1 unspecified atom stereocenters. The summed E-state index contributed by atoms with van der Waals surface area (Å²) < 4.78 is 0. The first kappa shape index (κ1) is 11.5. The lowest BCUT2D eigenvalue weighted by Crippen LogP contribution is -2.40.